The van der Waals surface area contributed by atoms with Gasteiger partial charge in [-0.3, -0.25) is 9.48 Å². The maximum Gasteiger partial charge on any atom is 0.203 e. The summed E-state index contributed by atoms with van der Waals surface area (Å²) < 4.78 is 13.1. The molecule has 31 heavy (non-hydrogen) atoms. The van der Waals surface area contributed by atoms with E-state index < -0.39 is 0 Å². The SMILES string of the molecule is COc1ccc(/C=C/C(=O)c2cc(C)nn2C)cc1COc1ccc2ccccc2c1. The summed E-state index contributed by atoms with van der Waals surface area (Å²) >= 11 is 0. The van der Waals surface area contributed by atoms with E-state index in [1.807, 2.05) is 55.5 Å². The lowest BCUT2D eigenvalue weighted by atomic mass is 10.1. The zero-order valence-corrected chi connectivity index (χ0v) is 17.8. The van der Waals surface area contributed by atoms with Crippen molar-refractivity contribution in [3.05, 3.63) is 95.3 Å². The van der Waals surface area contributed by atoms with E-state index in [-0.39, 0.29) is 5.78 Å². The normalized spacial score (nSPS) is 11.2. The summed E-state index contributed by atoms with van der Waals surface area (Å²) in [5.74, 6) is 1.45. The number of carbonyl (C=O) groups is 1. The summed E-state index contributed by atoms with van der Waals surface area (Å²) in [5, 5.41) is 6.53. The number of hydrogen-bond donors (Lipinski definition) is 0. The van der Waals surface area contributed by atoms with Crippen LogP contribution in [0.4, 0.5) is 0 Å². The van der Waals surface area contributed by atoms with Gasteiger partial charge in [-0.2, -0.15) is 5.10 Å². The molecule has 4 aromatic rings. The van der Waals surface area contributed by atoms with Crippen LogP contribution in [0, 0.1) is 6.92 Å². The Hall–Kier alpha value is -3.86. The van der Waals surface area contributed by atoms with Crippen molar-refractivity contribution in [2.24, 2.45) is 7.05 Å². The number of aromatic nitrogens is 2. The number of nitrogens with zero attached hydrogens (tertiary/aromatic N) is 2. The van der Waals surface area contributed by atoms with Gasteiger partial charge in [0.1, 0.15) is 23.8 Å². The van der Waals surface area contributed by atoms with Gasteiger partial charge in [0, 0.05) is 12.6 Å². The summed E-state index contributed by atoms with van der Waals surface area (Å²) in [6.45, 7) is 2.23. The van der Waals surface area contributed by atoms with Gasteiger partial charge in [-0.15, -0.1) is 0 Å². The second kappa shape index (κ2) is 8.88. The standard InChI is InChI=1S/C26H24N2O3/c1-18-14-24(28(2)27-18)25(29)12-8-19-9-13-26(30-3)22(15-19)17-31-23-11-10-20-6-4-5-7-21(20)16-23/h4-16H,17H2,1-3H3/b12-8+. The fraction of sp³-hybridized carbons (Fsp3) is 0.154. The van der Waals surface area contributed by atoms with Gasteiger partial charge in [0.15, 0.2) is 0 Å². The number of allylic oxidation sites excluding steroid dienone is 1. The van der Waals surface area contributed by atoms with E-state index in [9.17, 15) is 4.79 Å². The van der Waals surface area contributed by atoms with Crippen LogP contribution in [-0.4, -0.2) is 22.7 Å². The molecule has 156 valence electrons. The molecule has 0 atom stereocenters. The Morgan fingerprint density at radius 2 is 1.84 bits per heavy atom. The van der Waals surface area contributed by atoms with Crippen LogP contribution in [-0.2, 0) is 13.7 Å². The Kier molecular flexibility index (Phi) is 5.85. The molecule has 5 heteroatoms. The molecule has 0 fully saturated rings. The van der Waals surface area contributed by atoms with Crippen molar-refractivity contribution in [3.8, 4) is 11.5 Å². The minimum absolute atomic E-state index is 0.0899. The summed E-state index contributed by atoms with van der Waals surface area (Å²) in [4.78, 5) is 12.5. The van der Waals surface area contributed by atoms with Crippen LogP contribution in [0.5, 0.6) is 11.5 Å². The second-order valence-electron chi connectivity index (χ2n) is 7.36. The molecule has 0 amide bonds. The smallest absolute Gasteiger partial charge is 0.203 e. The van der Waals surface area contributed by atoms with Crippen molar-refractivity contribution in [1.82, 2.24) is 9.78 Å². The monoisotopic (exact) mass is 412 g/mol. The van der Waals surface area contributed by atoms with Crippen molar-refractivity contribution < 1.29 is 14.3 Å². The predicted octanol–water partition coefficient (Wildman–Crippen LogP) is 5.37. The highest BCUT2D eigenvalue weighted by Crippen LogP contribution is 2.25. The molecular weight excluding hydrogens is 388 g/mol. The maximum atomic E-state index is 12.5. The summed E-state index contributed by atoms with van der Waals surface area (Å²) in [5.41, 5.74) is 3.17. The van der Waals surface area contributed by atoms with Crippen LogP contribution in [0.1, 0.15) is 27.3 Å². The number of hydrogen-bond acceptors (Lipinski definition) is 4. The van der Waals surface area contributed by atoms with E-state index in [1.54, 1.807) is 37.1 Å². The van der Waals surface area contributed by atoms with Crippen LogP contribution in [0.3, 0.4) is 0 Å². The molecule has 0 saturated carbocycles. The number of rotatable bonds is 7. The van der Waals surface area contributed by atoms with E-state index in [2.05, 4.69) is 17.2 Å². The van der Waals surface area contributed by atoms with Crippen molar-refractivity contribution in [3.63, 3.8) is 0 Å². The van der Waals surface area contributed by atoms with Gasteiger partial charge in [0.25, 0.3) is 0 Å². The molecule has 0 bridgehead atoms. The minimum Gasteiger partial charge on any atom is -0.496 e. The van der Waals surface area contributed by atoms with E-state index >= 15 is 0 Å². The number of ether oxygens (including phenoxy) is 2. The topological polar surface area (TPSA) is 53.3 Å². The fourth-order valence-corrected chi connectivity index (χ4v) is 3.53. The Labute approximate surface area is 181 Å². The van der Waals surface area contributed by atoms with E-state index in [0.717, 1.165) is 33.7 Å². The van der Waals surface area contributed by atoms with Crippen molar-refractivity contribution >= 4 is 22.6 Å². The first-order chi connectivity index (χ1) is 15.0. The first kappa shape index (κ1) is 20.4. The molecule has 0 N–H and O–H groups in total. The number of benzene rings is 3. The highest BCUT2D eigenvalue weighted by Gasteiger charge is 2.09. The second-order valence-corrected chi connectivity index (χ2v) is 7.36. The van der Waals surface area contributed by atoms with Gasteiger partial charge in [0.05, 0.1) is 12.8 Å². The molecule has 4 rings (SSSR count). The molecule has 3 aromatic carbocycles. The molecule has 0 aliphatic heterocycles. The van der Waals surface area contributed by atoms with Crippen LogP contribution in [0.25, 0.3) is 16.8 Å². The van der Waals surface area contributed by atoms with Gasteiger partial charge in [-0.05, 0) is 59.7 Å². The molecule has 0 aliphatic rings. The molecule has 5 nitrogen and oxygen atoms in total. The zero-order valence-electron chi connectivity index (χ0n) is 17.8. The minimum atomic E-state index is -0.0899. The third-order valence-electron chi connectivity index (χ3n) is 5.10. The quantitative estimate of drug-likeness (QED) is 0.303. The molecule has 1 heterocycles. The van der Waals surface area contributed by atoms with Gasteiger partial charge < -0.3 is 9.47 Å². The van der Waals surface area contributed by atoms with Gasteiger partial charge in [0.2, 0.25) is 5.78 Å². The van der Waals surface area contributed by atoms with E-state index in [0.29, 0.717) is 12.3 Å². The van der Waals surface area contributed by atoms with E-state index in [1.165, 1.54) is 5.39 Å². The van der Waals surface area contributed by atoms with Crippen molar-refractivity contribution in [1.29, 1.82) is 0 Å². The molecule has 0 aliphatic carbocycles. The molecule has 1 aromatic heterocycles. The van der Waals surface area contributed by atoms with Gasteiger partial charge in [-0.25, -0.2) is 0 Å². The third-order valence-corrected chi connectivity index (χ3v) is 5.10. The largest absolute Gasteiger partial charge is 0.496 e. The molecule has 0 saturated heterocycles. The Balaban J connectivity index is 1.51. The summed E-state index contributed by atoms with van der Waals surface area (Å²) in [6.07, 6.45) is 3.36. The third kappa shape index (κ3) is 4.67. The summed E-state index contributed by atoms with van der Waals surface area (Å²) in [7, 11) is 3.41. The average molecular weight is 412 g/mol. The lowest BCUT2D eigenvalue weighted by Crippen LogP contribution is -2.04. The molecule has 0 unspecified atom stereocenters. The van der Waals surface area contributed by atoms with Crippen molar-refractivity contribution in [2.75, 3.05) is 7.11 Å². The lowest BCUT2D eigenvalue weighted by Gasteiger charge is -2.12. The lowest BCUT2D eigenvalue weighted by molar-refractivity contribution is 0.103. The molecule has 0 radical (unpaired) electrons. The van der Waals surface area contributed by atoms with E-state index in [4.69, 9.17) is 9.47 Å². The van der Waals surface area contributed by atoms with Crippen molar-refractivity contribution in [2.45, 2.75) is 13.5 Å². The van der Waals surface area contributed by atoms with Crippen LogP contribution in [0.2, 0.25) is 0 Å². The number of aryl methyl sites for hydroxylation is 2. The van der Waals surface area contributed by atoms with Gasteiger partial charge >= 0.3 is 0 Å². The number of ketones is 1. The van der Waals surface area contributed by atoms with Crippen LogP contribution in [0.15, 0.2) is 72.8 Å². The predicted molar refractivity (Wildman–Crippen MR) is 123 cm³/mol. The Morgan fingerprint density at radius 3 is 2.58 bits per heavy atom. The first-order valence-electron chi connectivity index (χ1n) is 10.0. The molecule has 0 spiro atoms. The van der Waals surface area contributed by atoms with Crippen LogP contribution >= 0.6 is 0 Å². The zero-order chi connectivity index (χ0) is 21.8. The summed E-state index contributed by atoms with van der Waals surface area (Å²) in [6, 6.07) is 21.8. The Morgan fingerprint density at radius 1 is 1.03 bits per heavy atom. The number of fused-ring (bicyclic) bond motifs is 1. The average Bonchev–Trinajstić information content (AvgIpc) is 3.13. The Bertz CT molecular complexity index is 1270. The maximum absolute atomic E-state index is 12.5. The highest BCUT2D eigenvalue weighted by molar-refractivity contribution is 6.05. The number of carbonyl (C=O) groups excluding carboxylic acids is 1. The fourth-order valence-electron chi connectivity index (χ4n) is 3.53. The number of methoxy groups -OCH3 is 1. The first-order valence-corrected chi connectivity index (χ1v) is 10.0. The molecular formula is C26H24N2O3. The van der Waals surface area contributed by atoms with Gasteiger partial charge in [-0.1, -0.05) is 42.5 Å². The highest BCUT2D eigenvalue weighted by atomic mass is 16.5. The van der Waals surface area contributed by atoms with Crippen LogP contribution < -0.4 is 9.47 Å².